The van der Waals surface area contributed by atoms with E-state index in [1.807, 2.05) is 12.1 Å². The number of quaternary nitrogens is 1. The van der Waals surface area contributed by atoms with Crippen LogP contribution in [0, 0.1) is 5.92 Å². The van der Waals surface area contributed by atoms with Gasteiger partial charge in [0.15, 0.2) is 0 Å². The van der Waals surface area contributed by atoms with Gasteiger partial charge in [-0.1, -0.05) is 72.7 Å². The second-order valence-corrected chi connectivity index (χ2v) is 6.18. The topological polar surface area (TPSA) is 37.0 Å². The van der Waals surface area contributed by atoms with Gasteiger partial charge in [-0.25, -0.2) is 0 Å². The minimum Gasteiger partial charge on any atom is -0.411 e. The van der Waals surface area contributed by atoms with Gasteiger partial charge in [0.2, 0.25) is 0 Å². The van der Waals surface area contributed by atoms with Crippen LogP contribution in [0.15, 0.2) is 65.8 Å². The van der Waals surface area contributed by atoms with Crippen LogP contribution in [0.2, 0.25) is 0 Å². The Kier molecular flexibility index (Phi) is 4.25. The third-order valence-corrected chi connectivity index (χ3v) is 4.97. The average molecular weight is 295 g/mol. The van der Waals surface area contributed by atoms with E-state index in [0.29, 0.717) is 12.1 Å². The van der Waals surface area contributed by atoms with Crippen LogP contribution in [0.5, 0.6) is 0 Å². The van der Waals surface area contributed by atoms with Gasteiger partial charge in [-0.05, 0) is 0 Å². The van der Waals surface area contributed by atoms with Crippen molar-refractivity contribution >= 4 is 5.71 Å². The van der Waals surface area contributed by atoms with Gasteiger partial charge in [0, 0.05) is 17.5 Å². The van der Waals surface area contributed by atoms with Crippen LogP contribution in [0.4, 0.5) is 0 Å². The molecule has 0 spiro atoms. The van der Waals surface area contributed by atoms with Crippen molar-refractivity contribution in [2.75, 3.05) is 7.05 Å². The summed E-state index contributed by atoms with van der Waals surface area (Å²) in [7, 11) is 2.25. The highest BCUT2D eigenvalue weighted by Crippen LogP contribution is 2.30. The molecule has 1 saturated heterocycles. The number of oxime groups is 1. The van der Waals surface area contributed by atoms with Gasteiger partial charge in [0.05, 0.1) is 18.7 Å². The van der Waals surface area contributed by atoms with Crippen LogP contribution < -0.4 is 4.90 Å². The van der Waals surface area contributed by atoms with Crippen molar-refractivity contribution in [1.29, 1.82) is 0 Å². The zero-order chi connectivity index (χ0) is 15.5. The number of nitrogens with one attached hydrogen (secondary N) is 1. The third-order valence-electron chi connectivity index (χ3n) is 4.97. The summed E-state index contributed by atoms with van der Waals surface area (Å²) in [4.78, 5) is 1.46. The largest absolute Gasteiger partial charge is 0.411 e. The van der Waals surface area contributed by atoms with E-state index in [9.17, 15) is 5.21 Å². The molecule has 3 nitrogen and oxygen atoms in total. The lowest BCUT2D eigenvalue weighted by Crippen LogP contribution is -3.11. The number of nitrogens with zero attached hydrogens (tertiary/aromatic N) is 1. The number of rotatable bonds is 2. The van der Waals surface area contributed by atoms with Gasteiger partial charge in [-0.15, -0.1) is 0 Å². The zero-order valence-corrected chi connectivity index (χ0v) is 13.1. The Morgan fingerprint density at radius 1 is 0.955 bits per heavy atom. The van der Waals surface area contributed by atoms with E-state index < -0.39 is 0 Å². The molecule has 3 heteroatoms. The zero-order valence-electron chi connectivity index (χ0n) is 13.1. The highest BCUT2D eigenvalue weighted by atomic mass is 16.4. The van der Waals surface area contributed by atoms with Gasteiger partial charge in [0.1, 0.15) is 12.1 Å². The summed E-state index contributed by atoms with van der Waals surface area (Å²) < 4.78 is 0. The van der Waals surface area contributed by atoms with E-state index >= 15 is 0 Å². The molecule has 2 aromatic rings. The molecule has 1 unspecified atom stereocenters. The van der Waals surface area contributed by atoms with Gasteiger partial charge < -0.3 is 10.1 Å². The monoisotopic (exact) mass is 295 g/mol. The number of hydrogen-bond acceptors (Lipinski definition) is 2. The second-order valence-electron chi connectivity index (χ2n) is 6.18. The van der Waals surface area contributed by atoms with Crippen molar-refractivity contribution in [3.8, 4) is 0 Å². The molecule has 1 aliphatic heterocycles. The molecular weight excluding hydrogens is 272 g/mol. The Labute approximate surface area is 131 Å². The minimum atomic E-state index is 0.229. The predicted octanol–water partition coefficient (Wildman–Crippen LogP) is 2.85. The van der Waals surface area contributed by atoms with E-state index in [-0.39, 0.29) is 5.92 Å². The number of benzene rings is 2. The lowest BCUT2D eigenvalue weighted by Gasteiger charge is -2.41. The summed E-state index contributed by atoms with van der Waals surface area (Å²) in [6.07, 6.45) is 0.802. The molecule has 1 aliphatic rings. The second kappa shape index (κ2) is 6.32. The summed E-state index contributed by atoms with van der Waals surface area (Å²) in [5.41, 5.74) is 3.50. The summed E-state index contributed by atoms with van der Waals surface area (Å²) in [5.74, 6) is 0.229. The van der Waals surface area contributed by atoms with Gasteiger partial charge in [-0.2, -0.15) is 0 Å². The van der Waals surface area contributed by atoms with Crippen molar-refractivity contribution in [2.45, 2.75) is 25.4 Å². The van der Waals surface area contributed by atoms with E-state index in [1.165, 1.54) is 16.0 Å². The molecule has 22 heavy (non-hydrogen) atoms. The molecule has 1 heterocycles. The maximum Gasteiger partial charge on any atom is 0.121 e. The smallest absolute Gasteiger partial charge is 0.121 e. The van der Waals surface area contributed by atoms with Gasteiger partial charge >= 0.3 is 0 Å². The molecule has 114 valence electrons. The number of hydrogen-bond donors (Lipinski definition) is 2. The molecule has 0 aliphatic carbocycles. The first-order valence-corrected chi connectivity index (χ1v) is 7.86. The summed E-state index contributed by atoms with van der Waals surface area (Å²) in [6.45, 7) is 2.16. The molecule has 0 bridgehead atoms. The van der Waals surface area contributed by atoms with Crippen molar-refractivity contribution in [3.05, 3.63) is 71.8 Å². The van der Waals surface area contributed by atoms with Crippen LogP contribution in [0.25, 0.3) is 0 Å². The third kappa shape index (κ3) is 2.64. The fourth-order valence-electron chi connectivity index (χ4n) is 3.77. The van der Waals surface area contributed by atoms with Crippen molar-refractivity contribution in [2.24, 2.45) is 11.1 Å². The van der Waals surface area contributed by atoms with Crippen LogP contribution in [0.1, 0.15) is 36.6 Å². The highest BCUT2D eigenvalue weighted by molar-refractivity contribution is 5.87. The Hall–Kier alpha value is -2.13. The maximum absolute atomic E-state index is 9.46. The first kappa shape index (κ1) is 14.8. The highest BCUT2D eigenvalue weighted by Gasteiger charge is 2.42. The quantitative estimate of drug-likeness (QED) is 0.649. The van der Waals surface area contributed by atoms with Crippen LogP contribution in [-0.4, -0.2) is 18.0 Å². The Balaban J connectivity index is 2.01. The summed E-state index contributed by atoms with van der Waals surface area (Å²) in [6, 6.07) is 21.7. The molecule has 2 aromatic carbocycles. The fraction of sp³-hybridized carbons (Fsp3) is 0.316. The van der Waals surface area contributed by atoms with E-state index in [2.05, 4.69) is 67.7 Å². The molecule has 0 saturated carbocycles. The fourth-order valence-corrected chi connectivity index (χ4v) is 3.77. The van der Waals surface area contributed by atoms with Gasteiger partial charge in [-0.3, -0.25) is 0 Å². The number of likely N-dealkylation sites (tertiary alicyclic amines) is 1. The Morgan fingerprint density at radius 2 is 1.50 bits per heavy atom. The molecular formula is C19H23N2O+. The van der Waals surface area contributed by atoms with Crippen LogP contribution in [-0.2, 0) is 0 Å². The van der Waals surface area contributed by atoms with Crippen molar-refractivity contribution < 1.29 is 10.1 Å². The molecule has 0 radical (unpaired) electrons. The minimum absolute atomic E-state index is 0.229. The Bertz CT molecular complexity index is 639. The number of piperidine rings is 1. The van der Waals surface area contributed by atoms with Crippen molar-refractivity contribution in [3.63, 3.8) is 0 Å². The molecule has 3 rings (SSSR count). The molecule has 1 fully saturated rings. The standard InChI is InChI=1S/C19H22N2O/c1-14-17(20-22)13-18(15-9-5-3-6-10-15)21(2)19(14)16-11-7-4-8-12-16/h3-12,14,18-19,22H,13H2,1-2H3/p+1/b20-17+/t14-,18-,19-/m0/s1. The van der Waals surface area contributed by atoms with Crippen molar-refractivity contribution in [1.82, 2.24) is 0 Å². The first-order chi connectivity index (χ1) is 10.7. The lowest BCUT2D eigenvalue weighted by atomic mass is 9.80. The predicted molar refractivity (Wildman–Crippen MR) is 88.3 cm³/mol. The normalized spacial score (nSPS) is 30.4. The van der Waals surface area contributed by atoms with Crippen LogP contribution >= 0.6 is 0 Å². The molecule has 2 N–H and O–H groups in total. The SMILES string of the molecule is C[C@H]1/C(=N/O)C[C@@H](c2ccccc2)[NH+](C)[C@@H]1c1ccccc1. The van der Waals surface area contributed by atoms with E-state index in [1.54, 1.807) is 0 Å². The average Bonchev–Trinajstić information content (AvgIpc) is 2.57. The van der Waals surface area contributed by atoms with E-state index in [4.69, 9.17) is 0 Å². The van der Waals surface area contributed by atoms with E-state index in [0.717, 1.165) is 12.1 Å². The summed E-state index contributed by atoms with van der Waals surface area (Å²) >= 11 is 0. The lowest BCUT2D eigenvalue weighted by molar-refractivity contribution is -0.948. The van der Waals surface area contributed by atoms with Gasteiger partial charge in [0.25, 0.3) is 0 Å². The summed E-state index contributed by atoms with van der Waals surface area (Å²) in [5, 5.41) is 13.1. The molecule has 0 amide bonds. The molecule has 4 atom stereocenters. The molecule has 0 aromatic heterocycles. The Morgan fingerprint density at radius 3 is 2.05 bits per heavy atom. The van der Waals surface area contributed by atoms with Crippen LogP contribution in [0.3, 0.4) is 0 Å². The first-order valence-electron chi connectivity index (χ1n) is 7.86. The maximum atomic E-state index is 9.46.